The number of carbonyl (C=O) groups is 3. The van der Waals surface area contributed by atoms with Crippen LogP contribution in [0, 0.1) is 0 Å². The van der Waals surface area contributed by atoms with Gasteiger partial charge >= 0.3 is 0 Å². The molecule has 0 aromatic rings. The Kier molecular flexibility index (Phi) is 7.91. The van der Waals surface area contributed by atoms with Crippen LogP contribution in [0.2, 0.25) is 0 Å². The van der Waals surface area contributed by atoms with E-state index in [1.54, 1.807) is 0 Å². The van der Waals surface area contributed by atoms with Crippen molar-refractivity contribution in [2.75, 3.05) is 19.8 Å². The van der Waals surface area contributed by atoms with Gasteiger partial charge in [-0.05, 0) is 6.92 Å². The number of rotatable bonds is 8. The molecule has 7 nitrogen and oxygen atoms in total. The summed E-state index contributed by atoms with van der Waals surface area (Å²) in [5.74, 6) is -1.17. The van der Waals surface area contributed by atoms with Crippen molar-refractivity contribution in [3.63, 3.8) is 0 Å². The predicted octanol–water partition coefficient (Wildman–Crippen LogP) is -2.06. The molecule has 7 heteroatoms. The minimum atomic E-state index is -0.914. The fraction of sp³-hybridized carbons (Fsp3) is 0.700. The van der Waals surface area contributed by atoms with Crippen molar-refractivity contribution in [3.8, 4) is 0 Å². The van der Waals surface area contributed by atoms with Gasteiger partial charge in [0.1, 0.15) is 6.04 Å². The lowest BCUT2D eigenvalue weighted by atomic mass is 10.2. The summed E-state index contributed by atoms with van der Waals surface area (Å²) in [6, 6.07) is -0.914. The number of Topliss-reactive ketones (excluding diaryl/α,β-unsaturated/α-hetero) is 1. The smallest absolute Gasteiger partial charge is 0.221 e. The minimum absolute atomic E-state index is 0.0259. The van der Waals surface area contributed by atoms with Crippen LogP contribution in [0.5, 0.6) is 0 Å². The molecule has 98 valence electrons. The molecule has 0 aromatic carbocycles. The van der Waals surface area contributed by atoms with Crippen molar-refractivity contribution in [1.29, 1.82) is 0 Å². The quantitative estimate of drug-likeness (QED) is 0.393. The van der Waals surface area contributed by atoms with E-state index in [1.807, 2.05) is 0 Å². The second-order valence-corrected chi connectivity index (χ2v) is 3.49. The zero-order valence-electron chi connectivity index (χ0n) is 9.73. The van der Waals surface area contributed by atoms with Gasteiger partial charge in [-0.3, -0.25) is 14.4 Å². The number of nitrogens with one attached hydrogen (secondary N) is 2. The number of aliphatic hydroxyl groups excluding tert-OH is 2. The summed E-state index contributed by atoms with van der Waals surface area (Å²) in [5, 5.41) is 21.9. The molecule has 0 fully saturated rings. The summed E-state index contributed by atoms with van der Waals surface area (Å²) in [6.07, 6.45) is -0.0943. The van der Waals surface area contributed by atoms with Crippen molar-refractivity contribution in [1.82, 2.24) is 10.6 Å². The van der Waals surface area contributed by atoms with Crippen molar-refractivity contribution in [2.45, 2.75) is 25.8 Å². The van der Waals surface area contributed by atoms with E-state index in [-0.39, 0.29) is 37.7 Å². The number of aliphatic hydroxyl groups is 2. The minimum Gasteiger partial charge on any atom is -0.395 e. The van der Waals surface area contributed by atoms with E-state index in [0.717, 1.165) is 0 Å². The number of carbonyl (C=O) groups excluding carboxylic acids is 3. The summed E-state index contributed by atoms with van der Waals surface area (Å²) in [7, 11) is 0. The molecule has 0 bridgehead atoms. The number of hydrogen-bond donors (Lipinski definition) is 4. The third-order valence-electron chi connectivity index (χ3n) is 2.02. The van der Waals surface area contributed by atoms with Crippen LogP contribution in [0.1, 0.15) is 19.8 Å². The largest absolute Gasteiger partial charge is 0.395 e. The lowest BCUT2D eigenvalue weighted by Crippen LogP contribution is -2.42. The molecule has 0 aliphatic heterocycles. The molecule has 0 saturated heterocycles. The molecule has 0 aliphatic rings. The zero-order valence-corrected chi connectivity index (χ0v) is 9.73. The Bertz CT molecular complexity index is 280. The highest BCUT2D eigenvalue weighted by Gasteiger charge is 2.16. The highest BCUT2D eigenvalue weighted by Crippen LogP contribution is 1.92. The first-order valence-electron chi connectivity index (χ1n) is 5.29. The van der Waals surface area contributed by atoms with Gasteiger partial charge in [0.15, 0.2) is 5.78 Å². The molecule has 0 aliphatic carbocycles. The molecule has 4 N–H and O–H groups in total. The summed E-state index contributed by atoms with van der Waals surface area (Å²) in [4.78, 5) is 33.3. The number of ketones is 1. The monoisotopic (exact) mass is 246 g/mol. The predicted molar refractivity (Wildman–Crippen MR) is 59.0 cm³/mol. The highest BCUT2D eigenvalue weighted by atomic mass is 16.3. The third-order valence-corrected chi connectivity index (χ3v) is 2.02. The lowest BCUT2D eigenvalue weighted by molar-refractivity contribution is -0.129. The van der Waals surface area contributed by atoms with Crippen molar-refractivity contribution < 1.29 is 24.6 Å². The van der Waals surface area contributed by atoms with Crippen LogP contribution < -0.4 is 10.6 Å². The Morgan fingerprint density at radius 3 is 2.18 bits per heavy atom. The summed E-state index contributed by atoms with van der Waals surface area (Å²) < 4.78 is 0. The van der Waals surface area contributed by atoms with E-state index >= 15 is 0 Å². The second-order valence-electron chi connectivity index (χ2n) is 3.49. The van der Waals surface area contributed by atoms with Gasteiger partial charge in [-0.25, -0.2) is 0 Å². The Hall–Kier alpha value is -1.47. The summed E-state index contributed by atoms with van der Waals surface area (Å²) in [5.41, 5.74) is 0. The molecular formula is C10H18N2O5. The maximum Gasteiger partial charge on any atom is 0.221 e. The molecule has 0 saturated carbocycles. The first-order valence-corrected chi connectivity index (χ1v) is 5.29. The number of amides is 2. The van der Waals surface area contributed by atoms with E-state index < -0.39 is 18.6 Å². The number of hydrogen-bond acceptors (Lipinski definition) is 5. The fourth-order valence-electron chi connectivity index (χ4n) is 1.05. The van der Waals surface area contributed by atoms with Crippen LogP contribution in [-0.4, -0.2) is 53.6 Å². The van der Waals surface area contributed by atoms with Gasteiger partial charge in [0.05, 0.1) is 13.2 Å². The zero-order chi connectivity index (χ0) is 13.3. The van der Waals surface area contributed by atoms with Gasteiger partial charge in [-0.1, -0.05) is 0 Å². The van der Waals surface area contributed by atoms with Gasteiger partial charge in [0.2, 0.25) is 11.8 Å². The first kappa shape index (κ1) is 15.5. The Labute approximate surface area is 99.2 Å². The Balaban J connectivity index is 3.86. The molecule has 0 rings (SSSR count). The first-order chi connectivity index (χ1) is 8.01. The van der Waals surface area contributed by atoms with E-state index in [4.69, 9.17) is 10.2 Å². The van der Waals surface area contributed by atoms with E-state index in [1.165, 1.54) is 6.92 Å². The third kappa shape index (κ3) is 7.42. The van der Waals surface area contributed by atoms with Crippen LogP contribution in [0.15, 0.2) is 0 Å². The van der Waals surface area contributed by atoms with Crippen molar-refractivity contribution in [2.24, 2.45) is 0 Å². The topological polar surface area (TPSA) is 116 Å². The molecular weight excluding hydrogens is 228 g/mol. The standard InChI is InChI=1S/C10H18N2O5/c1-7(15)8(6-14)12-10(17)3-2-9(16)11-4-5-13/h8,13-14H,2-6H2,1H3,(H,11,16)(H,12,17). The maximum absolute atomic E-state index is 11.3. The van der Waals surface area contributed by atoms with E-state index in [0.29, 0.717) is 0 Å². The molecule has 0 heterocycles. The molecule has 1 unspecified atom stereocenters. The van der Waals surface area contributed by atoms with Crippen LogP contribution in [0.3, 0.4) is 0 Å². The van der Waals surface area contributed by atoms with Gasteiger partial charge in [-0.2, -0.15) is 0 Å². The van der Waals surface area contributed by atoms with Gasteiger partial charge in [0.25, 0.3) is 0 Å². The molecule has 0 radical (unpaired) electrons. The van der Waals surface area contributed by atoms with Crippen LogP contribution >= 0.6 is 0 Å². The molecule has 2 amide bonds. The van der Waals surface area contributed by atoms with Crippen LogP contribution in [0.25, 0.3) is 0 Å². The Morgan fingerprint density at radius 2 is 1.71 bits per heavy atom. The molecule has 17 heavy (non-hydrogen) atoms. The van der Waals surface area contributed by atoms with Crippen LogP contribution in [-0.2, 0) is 14.4 Å². The van der Waals surface area contributed by atoms with E-state index in [9.17, 15) is 14.4 Å². The molecule has 1 atom stereocenters. The van der Waals surface area contributed by atoms with Crippen LogP contribution in [0.4, 0.5) is 0 Å². The normalized spacial score (nSPS) is 11.7. The van der Waals surface area contributed by atoms with Gasteiger partial charge in [-0.15, -0.1) is 0 Å². The SMILES string of the molecule is CC(=O)C(CO)NC(=O)CCC(=O)NCCO. The fourth-order valence-corrected chi connectivity index (χ4v) is 1.05. The highest BCUT2D eigenvalue weighted by molar-refractivity contribution is 5.89. The van der Waals surface area contributed by atoms with Crippen molar-refractivity contribution in [3.05, 3.63) is 0 Å². The maximum atomic E-state index is 11.3. The average molecular weight is 246 g/mol. The molecule has 0 spiro atoms. The summed E-state index contributed by atoms with van der Waals surface area (Å²) in [6.45, 7) is 0.787. The average Bonchev–Trinajstić information content (AvgIpc) is 2.30. The lowest BCUT2D eigenvalue weighted by Gasteiger charge is -2.12. The van der Waals surface area contributed by atoms with Crippen molar-refractivity contribution >= 4 is 17.6 Å². The second kappa shape index (κ2) is 8.66. The molecule has 0 aromatic heterocycles. The van der Waals surface area contributed by atoms with E-state index in [2.05, 4.69) is 10.6 Å². The Morgan fingerprint density at radius 1 is 1.12 bits per heavy atom. The summed E-state index contributed by atoms with van der Waals surface area (Å²) >= 11 is 0. The van der Waals surface area contributed by atoms with Gasteiger partial charge < -0.3 is 20.8 Å². The van der Waals surface area contributed by atoms with Gasteiger partial charge in [0, 0.05) is 19.4 Å².